The number of phenols is 1. The number of carboxylic acid groups (broad SMARTS) is 1. The van der Waals surface area contributed by atoms with Gasteiger partial charge >= 0.3 is 11.7 Å². The number of phenolic OH excluding ortho intramolecular Hbond substituents is 1. The first-order valence-electron chi connectivity index (χ1n) is 6.91. The van der Waals surface area contributed by atoms with Crippen molar-refractivity contribution in [1.29, 1.82) is 0 Å². The highest BCUT2D eigenvalue weighted by Crippen LogP contribution is 2.30. The van der Waals surface area contributed by atoms with Gasteiger partial charge in [-0.3, -0.25) is 10.1 Å². The lowest BCUT2D eigenvalue weighted by Gasteiger charge is -2.09. The van der Waals surface area contributed by atoms with Crippen LogP contribution in [0.25, 0.3) is 11.6 Å². The molecular formula is C17H15NO6. The molecule has 0 amide bonds. The van der Waals surface area contributed by atoms with E-state index in [1.54, 1.807) is 25.1 Å². The van der Waals surface area contributed by atoms with Crippen LogP contribution in [-0.4, -0.2) is 28.2 Å². The number of methoxy groups -OCH3 is 1. The van der Waals surface area contributed by atoms with Crippen molar-refractivity contribution in [3.63, 3.8) is 0 Å². The van der Waals surface area contributed by atoms with Crippen molar-refractivity contribution in [2.75, 3.05) is 7.11 Å². The van der Waals surface area contributed by atoms with E-state index in [1.165, 1.54) is 19.3 Å². The zero-order valence-electron chi connectivity index (χ0n) is 13.0. The number of nitro groups is 1. The van der Waals surface area contributed by atoms with Gasteiger partial charge in [-0.25, -0.2) is 4.79 Å². The summed E-state index contributed by atoms with van der Waals surface area (Å²) in [6.07, 6.45) is 1.32. The average molecular weight is 329 g/mol. The quantitative estimate of drug-likeness (QED) is 0.377. The first-order chi connectivity index (χ1) is 11.3. The summed E-state index contributed by atoms with van der Waals surface area (Å²) in [4.78, 5) is 21.8. The Labute approximate surface area is 137 Å². The van der Waals surface area contributed by atoms with E-state index in [9.17, 15) is 25.1 Å². The Morgan fingerprint density at radius 2 is 1.96 bits per heavy atom. The van der Waals surface area contributed by atoms with Crippen LogP contribution in [0.4, 0.5) is 5.69 Å². The van der Waals surface area contributed by atoms with E-state index >= 15 is 0 Å². The summed E-state index contributed by atoms with van der Waals surface area (Å²) in [7, 11) is 1.51. The second-order valence-electron chi connectivity index (χ2n) is 5.05. The van der Waals surface area contributed by atoms with Crippen LogP contribution in [-0.2, 0) is 4.79 Å². The molecule has 0 aromatic heterocycles. The van der Waals surface area contributed by atoms with Gasteiger partial charge in [0, 0.05) is 6.07 Å². The SMILES string of the molecule is COc1ccc(/C(=C/c2ccc(O)c([N+](=O)[O-])c2)C(=O)O)c(C)c1. The number of carbonyl (C=O) groups is 1. The molecule has 0 saturated heterocycles. The maximum Gasteiger partial charge on any atom is 0.336 e. The van der Waals surface area contributed by atoms with E-state index < -0.39 is 22.3 Å². The first-order valence-corrected chi connectivity index (χ1v) is 6.91. The van der Waals surface area contributed by atoms with Crippen LogP contribution in [0.1, 0.15) is 16.7 Å². The largest absolute Gasteiger partial charge is 0.502 e. The Bertz CT molecular complexity index is 841. The molecule has 2 N–H and O–H groups in total. The lowest BCUT2D eigenvalue weighted by molar-refractivity contribution is -0.385. The monoisotopic (exact) mass is 329 g/mol. The van der Waals surface area contributed by atoms with Gasteiger partial charge in [0.15, 0.2) is 5.75 Å². The zero-order valence-corrected chi connectivity index (χ0v) is 13.0. The van der Waals surface area contributed by atoms with Crippen molar-refractivity contribution >= 4 is 23.3 Å². The Morgan fingerprint density at radius 3 is 2.50 bits per heavy atom. The van der Waals surface area contributed by atoms with Gasteiger partial charge in [-0.2, -0.15) is 0 Å². The normalized spacial score (nSPS) is 11.2. The Balaban J connectivity index is 2.56. The van der Waals surface area contributed by atoms with E-state index in [-0.39, 0.29) is 5.57 Å². The third-order valence-electron chi connectivity index (χ3n) is 3.46. The smallest absolute Gasteiger partial charge is 0.336 e. The Morgan fingerprint density at radius 1 is 1.25 bits per heavy atom. The number of hydrogen-bond donors (Lipinski definition) is 2. The average Bonchev–Trinajstić information content (AvgIpc) is 2.53. The predicted molar refractivity (Wildman–Crippen MR) is 88.0 cm³/mol. The molecule has 0 saturated carbocycles. The number of aliphatic carboxylic acids is 1. The van der Waals surface area contributed by atoms with Gasteiger partial charge in [0.05, 0.1) is 17.6 Å². The maximum atomic E-state index is 11.6. The summed E-state index contributed by atoms with van der Waals surface area (Å²) in [5.41, 5.74) is 0.956. The van der Waals surface area contributed by atoms with E-state index in [1.807, 2.05) is 0 Å². The van der Waals surface area contributed by atoms with Crippen LogP contribution >= 0.6 is 0 Å². The highest BCUT2D eigenvalue weighted by molar-refractivity contribution is 6.21. The molecule has 0 heterocycles. The van der Waals surface area contributed by atoms with Crippen molar-refractivity contribution in [3.05, 3.63) is 63.2 Å². The number of aryl methyl sites for hydroxylation is 1. The van der Waals surface area contributed by atoms with Crippen molar-refractivity contribution in [3.8, 4) is 11.5 Å². The molecular weight excluding hydrogens is 314 g/mol. The summed E-state index contributed by atoms with van der Waals surface area (Å²) >= 11 is 0. The number of hydrogen-bond acceptors (Lipinski definition) is 5. The molecule has 0 spiro atoms. The summed E-state index contributed by atoms with van der Waals surface area (Å²) in [6, 6.07) is 8.64. The van der Waals surface area contributed by atoms with Gasteiger partial charge in [-0.05, 0) is 47.9 Å². The minimum Gasteiger partial charge on any atom is -0.502 e. The topological polar surface area (TPSA) is 110 Å². The van der Waals surface area contributed by atoms with Crippen molar-refractivity contribution in [2.24, 2.45) is 0 Å². The molecule has 24 heavy (non-hydrogen) atoms. The number of nitrogens with zero attached hydrogens (tertiary/aromatic N) is 1. The molecule has 0 atom stereocenters. The van der Waals surface area contributed by atoms with Gasteiger partial charge < -0.3 is 14.9 Å². The molecule has 0 aliphatic rings. The highest BCUT2D eigenvalue weighted by atomic mass is 16.6. The van der Waals surface area contributed by atoms with E-state index in [4.69, 9.17) is 4.74 Å². The second-order valence-corrected chi connectivity index (χ2v) is 5.05. The minimum absolute atomic E-state index is 0.0184. The second kappa shape index (κ2) is 6.82. The van der Waals surface area contributed by atoms with Gasteiger partial charge in [-0.15, -0.1) is 0 Å². The molecule has 0 radical (unpaired) electrons. The Hall–Kier alpha value is -3.35. The number of rotatable bonds is 5. The third kappa shape index (κ3) is 3.52. The highest BCUT2D eigenvalue weighted by Gasteiger charge is 2.16. The molecule has 0 aliphatic carbocycles. The van der Waals surface area contributed by atoms with E-state index in [0.717, 1.165) is 12.1 Å². The fourth-order valence-corrected chi connectivity index (χ4v) is 2.26. The molecule has 0 aliphatic heterocycles. The number of nitro benzene ring substituents is 1. The fraction of sp³-hybridized carbons (Fsp3) is 0.118. The molecule has 7 heteroatoms. The molecule has 0 fully saturated rings. The van der Waals surface area contributed by atoms with Crippen molar-refractivity contribution in [1.82, 2.24) is 0 Å². The molecule has 2 aromatic carbocycles. The molecule has 124 valence electrons. The van der Waals surface area contributed by atoms with E-state index in [2.05, 4.69) is 0 Å². The summed E-state index contributed by atoms with van der Waals surface area (Å²) in [6.45, 7) is 1.74. The molecule has 0 unspecified atom stereocenters. The summed E-state index contributed by atoms with van der Waals surface area (Å²) in [5, 5.41) is 29.8. The number of ether oxygens (including phenoxy) is 1. The lowest BCUT2D eigenvalue weighted by Crippen LogP contribution is -2.02. The van der Waals surface area contributed by atoms with Crippen LogP contribution in [0.3, 0.4) is 0 Å². The number of carboxylic acids is 1. The Kier molecular flexibility index (Phi) is 4.84. The van der Waals surface area contributed by atoms with Gasteiger partial charge in [-0.1, -0.05) is 12.1 Å². The molecule has 7 nitrogen and oxygen atoms in total. The van der Waals surface area contributed by atoms with Crippen LogP contribution in [0.5, 0.6) is 11.5 Å². The van der Waals surface area contributed by atoms with Crippen LogP contribution in [0.2, 0.25) is 0 Å². The summed E-state index contributed by atoms with van der Waals surface area (Å²) in [5.74, 6) is -1.05. The van der Waals surface area contributed by atoms with Gasteiger partial charge in [0.2, 0.25) is 0 Å². The molecule has 0 bridgehead atoms. The number of benzene rings is 2. The molecule has 2 rings (SSSR count). The predicted octanol–water partition coefficient (Wildman–Crippen LogP) is 3.24. The maximum absolute atomic E-state index is 11.6. The number of aromatic hydroxyl groups is 1. The van der Waals surface area contributed by atoms with Gasteiger partial charge in [0.1, 0.15) is 5.75 Å². The third-order valence-corrected chi connectivity index (χ3v) is 3.46. The van der Waals surface area contributed by atoms with Crippen molar-refractivity contribution < 1.29 is 24.7 Å². The zero-order chi connectivity index (χ0) is 17.9. The van der Waals surface area contributed by atoms with E-state index in [0.29, 0.717) is 22.4 Å². The standard InChI is InChI=1S/C17H15NO6/c1-10-7-12(24-2)4-5-13(10)14(17(20)21)8-11-3-6-16(19)15(9-11)18(22)23/h3-9,19H,1-2H3,(H,20,21)/b14-8-. The minimum atomic E-state index is -1.17. The van der Waals surface area contributed by atoms with Crippen LogP contribution in [0.15, 0.2) is 36.4 Å². The van der Waals surface area contributed by atoms with Crippen molar-refractivity contribution in [2.45, 2.75) is 6.92 Å². The fourth-order valence-electron chi connectivity index (χ4n) is 2.26. The molecule has 2 aromatic rings. The summed E-state index contributed by atoms with van der Waals surface area (Å²) < 4.78 is 5.09. The van der Waals surface area contributed by atoms with Gasteiger partial charge in [0.25, 0.3) is 0 Å². The lowest BCUT2D eigenvalue weighted by atomic mass is 9.98. The van der Waals surface area contributed by atoms with Crippen LogP contribution < -0.4 is 4.74 Å². The first kappa shape index (κ1) is 17.0. The van der Waals surface area contributed by atoms with Crippen LogP contribution in [0, 0.1) is 17.0 Å².